The van der Waals surface area contributed by atoms with Gasteiger partial charge in [0.15, 0.2) is 0 Å². The first-order valence-electron chi connectivity index (χ1n) is 2.48. The molecule has 5 heteroatoms. The molecule has 0 saturated carbocycles. The van der Waals surface area contributed by atoms with Crippen molar-refractivity contribution in [3.8, 4) is 0 Å². The Kier molecular flexibility index (Phi) is 2.01. The Labute approximate surface area is 71.5 Å². The Morgan fingerprint density at radius 1 is 1.40 bits per heavy atom. The zero-order valence-electron chi connectivity index (χ0n) is 4.94. The summed E-state index contributed by atoms with van der Waals surface area (Å²) in [7, 11) is 0. The van der Waals surface area contributed by atoms with Crippen molar-refractivity contribution in [2.24, 2.45) is 0 Å². The van der Waals surface area contributed by atoms with Crippen LogP contribution in [0.15, 0.2) is 10.5 Å². The van der Waals surface area contributed by atoms with E-state index in [4.69, 9.17) is 23.1 Å². The van der Waals surface area contributed by atoms with Crippen LogP contribution in [0.3, 0.4) is 0 Å². The summed E-state index contributed by atoms with van der Waals surface area (Å²) in [5, 5.41) is 0.404. The number of rotatable bonds is 0. The topological polar surface area (TPSA) is 64.9 Å². The maximum Gasteiger partial charge on any atom is 0.144 e. The molecule has 0 saturated heterocycles. The van der Waals surface area contributed by atoms with Gasteiger partial charge in [-0.2, -0.15) is 0 Å². The molecule has 10 heavy (non-hydrogen) atoms. The lowest BCUT2D eigenvalue weighted by Crippen LogP contribution is -1.97. The van der Waals surface area contributed by atoms with Gasteiger partial charge in [-0.05, 0) is 22.0 Å². The van der Waals surface area contributed by atoms with Crippen molar-refractivity contribution < 1.29 is 0 Å². The summed E-state index contributed by atoms with van der Waals surface area (Å²) in [6.07, 6.45) is 0. The molecule has 4 N–H and O–H groups in total. The summed E-state index contributed by atoms with van der Waals surface area (Å²) in [4.78, 5) is 3.75. The minimum atomic E-state index is 0.252. The number of aromatic nitrogens is 1. The standard InChI is InChI=1S/C5H5BrClN3/c6-2-1-3(7)5(9)10-4(2)8/h1H,(H4,8,9,10). The molecule has 0 radical (unpaired) electrons. The Balaban J connectivity index is 3.28. The van der Waals surface area contributed by atoms with Gasteiger partial charge < -0.3 is 11.5 Å². The summed E-state index contributed by atoms with van der Waals surface area (Å²) >= 11 is 8.77. The number of anilines is 2. The molecule has 1 heterocycles. The second-order valence-electron chi connectivity index (χ2n) is 1.72. The van der Waals surface area contributed by atoms with E-state index in [-0.39, 0.29) is 5.82 Å². The number of hydrogen-bond acceptors (Lipinski definition) is 3. The molecular formula is C5H5BrClN3. The van der Waals surface area contributed by atoms with E-state index in [2.05, 4.69) is 20.9 Å². The Bertz CT molecular complexity index is 213. The van der Waals surface area contributed by atoms with Crippen LogP contribution in [0.2, 0.25) is 5.02 Å². The summed E-state index contributed by atoms with van der Waals surface area (Å²) < 4.78 is 0.659. The van der Waals surface area contributed by atoms with Crippen LogP contribution in [0.1, 0.15) is 0 Å². The molecule has 54 valence electrons. The van der Waals surface area contributed by atoms with Crippen molar-refractivity contribution in [1.29, 1.82) is 0 Å². The number of pyridine rings is 1. The van der Waals surface area contributed by atoms with Crippen molar-refractivity contribution in [3.05, 3.63) is 15.6 Å². The first-order valence-corrected chi connectivity index (χ1v) is 3.65. The Hall–Kier alpha value is -0.480. The van der Waals surface area contributed by atoms with Gasteiger partial charge in [0.1, 0.15) is 11.6 Å². The molecule has 3 nitrogen and oxygen atoms in total. The SMILES string of the molecule is Nc1nc(N)c(Br)cc1Cl. The van der Waals surface area contributed by atoms with E-state index in [1.54, 1.807) is 6.07 Å². The molecule has 1 rings (SSSR count). The van der Waals surface area contributed by atoms with Gasteiger partial charge in [-0.15, -0.1) is 0 Å². The van der Waals surface area contributed by atoms with Gasteiger partial charge in [0.2, 0.25) is 0 Å². The van der Waals surface area contributed by atoms with Gasteiger partial charge in [-0.25, -0.2) is 4.98 Å². The lowest BCUT2D eigenvalue weighted by atomic mass is 10.4. The van der Waals surface area contributed by atoms with E-state index < -0.39 is 0 Å². The van der Waals surface area contributed by atoms with Gasteiger partial charge in [0.25, 0.3) is 0 Å². The fraction of sp³-hybridized carbons (Fsp3) is 0. The Morgan fingerprint density at radius 2 is 2.00 bits per heavy atom. The number of nitrogens with two attached hydrogens (primary N) is 2. The Morgan fingerprint density at radius 3 is 2.50 bits per heavy atom. The third kappa shape index (κ3) is 1.33. The van der Waals surface area contributed by atoms with Crippen LogP contribution >= 0.6 is 27.5 Å². The van der Waals surface area contributed by atoms with Crippen molar-refractivity contribution in [2.45, 2.75) is 0 Å². The summed E-state index contributed by atoms with van der Waals surface area (Å²) in [6, 6.07) is 1.61. The van der Waals surface area contributed by atoms with E-state index in [1.165, 1.54) is 0 Å². The molecule has 0 amide bonds. The van der Waals surface area contributed by atoms with Gasteiger partial charge in [0.05, 0.1) is 9.50 Å². The second kappa shape index (κ2) is 2.64. The van der Waals surface area contributed by atoms with E-state index in [0.29, 0.717) is 15.3 Å². The molecule has 0 unspecified atom stereocenters. The quantitative estimate of drug-likeness (QED) is 0.702. The molecule has 0 aromatic carbocycles. The van der Waals surface area contributed by atoms with E-state index in [9.17, 15) is 0 Å². The van der Waals surface area contributed by atoms with Crippen LogP contribution in [0.25, 0.3) is 0 Å². The minimum absolute atomic E-state index is 0.252. The van der Waals surface area contributed by atoms with Crippen molar-refractivity contribution >= 4 is 39.2 Å². The average Bonchev–Trinajstić information content (AvgIpc) is 1.84. The normalized spacial score (nSPS) is 9.80. The van der Waals surface area contributed by atoms with Crippen LogP contribution < -0.4 is 11.5 Å². The van der Waals surface area contributed by atoms with Crippen molar-refractivity contribution in [1.82, 2.24) is 4.98 Å². The molecule has 0 atom stereocenters. The minimum Gasteiger partial charge on any atom is -0.383 e. The number of halogens is 2. The first-order chi connectivity index (χ1) is 4.61. The molecule has 0 bridgehead atoms. The highest BCUT2D eigenvalue weighted by Gasteiger charge is 2.01. The third-order valence-corrected chi connectivity index (χ3v) is 1.92. The fourth-order valence-electron chi connectivity index (χ4n) is 0.496. The monoisotopic (exact) mass is 221 g/mol. The fourth-order valence-corrected chi connectivity index (χ4v) is 1.10. The molecule has 0 aliphatic heterocycles. The molecular weight excluding hydrogens is 217 g/mol. The largest absolute Gasteiger partial charge is 0.383 e. The third-order valence-electron chi connectivity index (χ3n) is 0.984. The van der Waals surface area contributed by atoms with E-state index in [0.717, 1.165) is 0 Å². The number of hydrogen-bond donors (Lipinski definition) is 2. The highest BCUT2D eigenvalue weighted by Crippen LogP contribution is 2.25. The smallest absolute Gasteiger partial charge is 0.144 e. The molecule has 0 spiro atoms. The van der Waals surface area contributed by atoms with Gasteiger partial charge in [-0.1, -0.05) is 11.6 Å². The van der Waals surface area contributed by atoms with Gasteiger partial charge in [0, 0.05) is 0 Å². The maximum atomic E-state index is 5.61. The second-order valence-corrected chi connectivity index (χ2v) is 2.98. The average molecular weight is 222 g/mol. The predicted molar refractivity (Wildman–Crippen MR) is 45.8 cm³/mol. The summed E-state index contributed by atoms with van der Waals surface area (Å²) in [5.41, 5.74) is 10.7. The van der Waals surface area contributed by atoms with Crippen LogP contribution in [0.5, 0.6) is 0 Å². The highest BCUT2D eigenvalue weighted by atomic mass is 79.9. The first kappa shape index (κ1) is 7.63. The lowest BCUT2D eigenvalue weighted by Gasteiger charge is -1.99. The van der Waals surface area contributed by atoms with E-state index >= 15 is 0 Å². The van der Waals surface area contributed by atoms with Crippen molar-refractivity contribution in [3.63, 3.8) is 0 Å². The van der Waals surface area contributed by atoms with Crippen LogP contribution in [0.4, 0.5) is 11.6 Å². The zero-order valence-corrected chi connectivity index (χ0v) is 7.28. The van der Waals surface area contributed by atoms with E-state index in [1.807, 2.05) is 0 Å². The number of nitrogen functional groups attached to an aromatic ring is 2. The summed E-state index contributed by atoms with van der Waals surface area (Å²) in [6.45, 7) is 0. The van der Waals surface area contributed by atoms with Crippen LogP contribution in [0, 0.1) is 0 Å². The lowest BCUT2D eigenvalue weighted by molar-refractivity contribution is 1.33. The van der Waals surface area contributed by atoms with Crippen molar-refractivity contribution in [2.75, 3.05) is 11.5 Å². The highest BCUT2D eigenvalue weighted by molar-refractivity contribution is 9.10. The van der Waals surface area contributed by atoms with Gasteiger partial charge >= 0.3 is 0 Å². The molecule has 1 aromatic heterocycles. The van der Waals surface area contributed by atoms with Crippen LogP contribution in [-0.2, 0) is 0 Å². The maximum absolute atomic E-state index is 5.61. The van der Waals surface area contributed by atoms with Gasteiger partial charge in [-0.3, -0.25) is 0 Å². The molecule has 1 aromatic rings. The molecule has 0 fully saturated rings. The predicted octanol–water partition coefficient (Wildman–Crippen LogP) is 1.66. The molecule has 0 aliphatic rings. The van der Waals surface area contributed by atoms with Crippen LogP contribution in [-0.4, -0.2) is 4.98 Å². The summed E-state index contributed by atoms with van der Waals surface area (Å²) in [5.74, 6) is 0.601. The molecule has 0 aliphatic carbocycles. The zero-order chi connectivity index (χ0) is 7.72. The number of nitrogens with zero attached hydrogens (tertiary/aromatic N) is 1.